The highest BCUT2D eigenvalue weighted by Gasteiger charge is 2.13. The zero-order chi connectivity index (χ0) is 10.8. The number of aliphatic hydroxyl groups excluding tert-OH is 1. The summed E-state index contributed by atoms with van der Waals surface area (Å²) >= 11 is 0. The fourth-order valence-electron chi connectivity index (χ4n) is 1.43. The van der Waals surface area contributed by atoms with Crippen molar-refractivity contribution in [3.63, 3.8) is 0 Å². The van der Waals surface area contributed by atoms with Crippen molar-refractivity contribution in [1.82, 2.24) is 5.32 Å². The Morgan fingerprint density at radius 3 is 2.47 bits per heavy atom. The molecule has 1 aliphatic heterocycles. The van der Waals surface area contributed by atoms with Gasteiger partial charge in [0.2, 0.25) is 0 Å². The number of aliphatic hydroxyl groups is 1. The van der Waals surface area contributed by atoms with Crippen LogP contribution >= 0.6 is 0 Å². The molecule has 15 heavy (non-hydrogen) atoms. The van der Waals surface area contributed by atoms with Crippen molar-refractivity contribution in [1.29, 1.82) is 0 Å². The van der Waals surface area contributed by atoms with Gasteiger partial charge >= 0.3 is 0 Å². The maximum atomic E-state index is 8.44. The van der Waals surface area contributed by atoms with Gasteiger partial charge in [-0.3, -0.25) is 0 Å². The Hall–Kier alpha value is -0.200. The number of hydrogen-bond donors (Lipinski definition) is 2. The predicted octanol–water partition coefficient (Wildman–Crippen LogP) is -0.610. The van der Waals surface area contributed by atoms with Crippen LogP contribution in [0.4, 0.5) is 0 Å². The average Bonchev–Trinajstić information content (AvgIpc) is 2.75. The molecule has 5 heteroatoms. The van der Waals surface area contributed by atoms with E-state index < -0.39 is 0 Å². The van der Waals surface area contributed by atoms with Crippen LogP contribution in [0.2, 0.25) is 0 Å². The highest BCUT2D eigenvalue weighted by molar-refractivity contribution is 4.70. The van der Waals surface area contributed by atoms with E-state index in [1.807, 2.05) is 0 Å². The lowest BCUT2D eigenvalue weighted by Crippen LogP contribution is -2.19. The summed E-state index contributed by atoms with van der Waals surface area (Å²) in [7, 11) is 0. The smallest absolute Gasteiger partial charge is 0.0712 e. The summed E-state index contributed by atoms with van der Waals surface area (Å²) in [6.07, 6.45) is 1.46. The second-order valence-corrected chi connectivity index (χ2v) is 3.43. The Balaban J connectivity index is 1.73. The minimum absolute atomic E-state index is 0.0673. The van der Waals surface area contributed by atoms with E-state index >= 15 is 0 Å². The minimum atomic E-state index is 0.0673. The van der Waals surface area contributed by atoms with Crippen LogP contribution in [0.15, 0.2) is 0 Å². The van der Waals surface area contributed by atoms with E-state index in [-0.39, 0.29) is 6.61 Å². The first-order valence-corrected chi connectivity index (χ1v) is 5.52. The molecule has 0 radical (unpaired) electrons. The van der Waals surface area contributed by atoms with E-state index in [9.17, 15) is 0 Å². The normalized spacial score (nSPS) is 21.0. The van der Waals surface area contributed by atoms with Crippen molar-refractivity contribution < 1.29 is 19.3 Å². The summed E-state index contributed by atoms with van der Waals surface area (Å²) < 4.78 is 15.9. The van der Waals surface area contributed by atoms with Crippen LogP contribution in [0.5, 0.6) is 0 Å². The van der Waals surface area contributed by atoms with Gasteiger partial charge in [0.15, 0.2) is 0 Å². The molecule has 0 spiro atoms. The molecule has 0 bridgehead atoms. The topological polar surface area (TPSA) is 60.0 Å². The van der Waals surface area contributed by atoms with Crippen molar-refractivity contribution in [2.75, 3.05) is 52.7 Å². The lowest BCUT2D eigenvalue weighted by atomic mass is 10.3. The molecular formula is C10H21NO4. The molecule has 0 amide bonds. The lowest BCUT2D eigenvalue weighted by molar-refractivity contribution is -0.00930. The van der Waals surface area contributed by atoms with Crippen molar-refractivity contribution in [3.05, 3.63) is 0 Å². The Morgan fingerprint density at radius 1 is 1.07 bits per heavy atom. The summed E-state index contributed by atoms with van der Waals surface area (Å²) in [5.41, 5.74) is 0. The van der Waals surface area contributed by atoms with Crippen LogP contribution in [0.1, 0.15) is 6.42 Å². The van der Waals surface area contributed by atoms with Gasteiger partial charge in [-0.25, -0.2) is 0 Å². The molecule has 1 rings (SSSR count). The molecule has 1 heterocycles. The lowest BCUT2D eigenvalue weighted by Gasteiger charge is -2.10. The fraction of sp³-hybridized carbons (Fsp3) is 1.00. The van der Waals surface area contributed by atoms with Crippen LogP contribution in [0.3, 0.4) is 0 Å². The van der Waals surface area contributed by atoms with E-state index in [0.717, 1.165) is 19.5 Å². The van der Waals surface area contributed by atoms with Crippen molar-refractivity contribution in [2.45, 2.75) is 12.5 Å². The van der Waals surface area contributed by atoms with Gasteiger partial charge in [0.25, 0.3) is 0 Å². The molecule has 0 saturated carbocycles. The van der Waals surface area contributed by atoms with E-state index in [1.54, 1.807) is 0 Å². The molecule has 1 saturated heterocycles. The van der Waals surface area contributed by atoms with Crippen molar-refractivity contribution >= 4 is 0 Å². The molecule has 1 fully saturated rings. The summed E-state index contributed by atoms with van der Waals surface area (Å²) in [5.74, 6) is 0. The third kappa shape index (κ3) is 6.81. The Kier molecular flexibility index (Phi) is 7.77. The number of ether oxygens (including phenoxy) is 3. The molecule has 1 unspecified atom stereocenters. The predicted molar refractivity (Wildman–Crippen MR) is 56.0 cm³/mol. The van der Waals surface area contributed by atoms with Gasteiger partial charge in [0, 0.05) is 6.54 Å². The zero-order valence-corrected chi connectivity index (χ0v) is 9.11. The summed E-state index contributed by atoms with van der Waals surface area (Å²) in [6, 6.07) is 0. The molecule has 0 aromatic heterocycles. The second kappa shape index (κ2) is 9.06. The van der Waals surface area contributed by atoms with Crippen molar-refractivity contribution in [3.8, 4) is 0 Å². The van der Waals surface area contributed by atoms with Crippen LogP contribution in [-0.4, -0.2) is 63.9 Å². The first-order valence-electron chi connectivity index (χ1n) is 5.52. The Bertz CT molecular complexity index is 139. The van der Waals surface area contributed by atoms with E-state index in [1.165, 1.54) is 0 Å². The molecule has 2 N–H and O–H groups in total. The fourth-order valence-corrected chi connectivity index (χ4v) is 1.43. The molecular weight excluding hydrogens is 198 g/mol. The molecule has 0 aromatic rings. The molecule has 5 nitrogen and oxygen atoms in total. The van der Waals surface area contributed by atoms with E-state index in [4.69, 9.17) is 19.3 Å². The maximum Gasteiger partial charge on any atom is 0.0712 e. The first kappa shape index (κ1) is 12.9. The highest BCUT2D eigenvalue weighted by Crippen LogP contribution is 2.01. The monoisotopic (exact) mass is 219 g/mol. The number of rotatable bonds is 9. The van der Waals surface area contributed by atoms with Crippen LogP contribution < -0.4 is 5.32 Å². The van der Waals surface area contributed by atoms with Gasteiger partial charge in [0.05, 0.1) is 45.7 Å². The number of nitrogens with one attached hydrogen (secondary N) is 1. The van der Waals surface area contributed by atoms with Gasteiger partial charge in [-0.1, -0.05) is 0 Å². The van der Waals surface area contributed by atoms with Gasteiger partial charge in [0.1, 0.15) is 0 Å². The molecule has 90 valence electrons. The number of hydrogen-bond acceptors (Lipinski definition) is 5. The SMILES string of the molecule is OCCOCCOCCOC1CCNC1. The van der Waals surface area contributed by atoms with Crippen LogP contribution in [0.25, 0.3) is 0 Å². The minimum Gasteiger partial charge on any atom is -0.394 e. The van der Waals surface area contributed by atoms with Gasteiger partial charge < -0.3 is 24.6 Å². The largest absolute Gasteiger partial charge is 0.394 e. The first-order chi connectivity index (χ1) is 7.43. The van der Waals surface area contributed by atoms with E-state index in [2.05, 4.69) is 5.32 Å². The standard InChI is InChI=1S/C10H21NO4/c12-3-4-13-5-6-14-7-8-15-10-1-2-11-9-10/h10-12H,1-9H2. The molecule has 0 aliphatic carbocycles. The second-order valence-electron chi connectivity index (χ2n) is 3.43. The maximum absolute atomic E-state index is 8.44. The van der Waals surface area contributed by atoms with Crippen LogP contribution in [0, 0.1) is 0 Å². The Labute approximate surface area is 90.7 Å². The summed E-state index contributed by atoms with van der Waals surface area (Å²) in [6.45, 7) is 4.81. The van der Waals surface area contributed by atoms with Crippen molar-refractivity contribution in [2.24, 2.45) is 0 Å². The average molecular weight is 219 g/mol. The Morgan fingerprint density at radius 2 is 1.80 bits per heavy atom. The third-order valence-electron chi connectivity index (χ3n) is 2.20. The summed E-state index contributed by atoms with van der Waals surface area (Å²) in [5, 5.41) is 11.7. The molecule has 1 aliphatic rings. The molecule has 0 aromatic carbocycles. The zero-order valence-electron chi connectivity index (χ0n) is 9.11. The van der Waals surface area contributed by atoms with Gasteiger partial charge in [-0.2, -0.15) is 0 Å². The van der Waals surface area contributed by atoms with Gasteiger partial charge in [-0.15, -0.1) is 0 Å². The molecule has 1 atom stereocenters. The van der Waals surface area contributed by atoms with Gasteiger partial charge in [-0.05, 0) is 13.0 Å². The quantitative estimate of drug-likeness (QED) is 0.507. The highest BCUT2D eigenvalue weighted by atomic mass is 16.5. The third-order valence-corrected chi connectivity index (χ3v) is 2.20. The summed E-state index contributed by atoms with van der Waals surface area (Å²) in [4.78, 5) is 0. The van der Waals surface area contributed by atoms with Crippen LogP contribution in [-0.2, 0) is 14.2 Å². The van der Waals surface area contributed by atoms with E-state index in [0.29, 0.717) is 39.1 Å².